The summed E-state index contributed by atoms with van der Waals surface area (Å²) in [6, 6.07) is 21.7. The molecule has 0 unspecified atom stereocenters. The Kier molecular flexibility index (Phi) is 6.88. The first-order valence-corrected chi connectivity index (χ1v) is 9.55. The van der Waals surface area contributed by atoms with Crippen LogP contribution in [0.3, 0.4) is 0 Å². The number of amides is 1. The van der Waals surface area contributed by atoms with E-state index in [0.717, 1.165) is 21.8 Å². The molecule has 142 valence electrons. The van der Waals surface area contributed by atoms with Crippen LogP contribution in [-0.4, -0.2) is 21.9 Å². The number of hydrogen-bond acceptors (Lipinski definition) is 1. The van der Waals surface area contributed by atoms with Crippen LogP contribution in [-0.2, 0) is 17.9 Å². The van der Waals surface area contributed by atoms with Crippen LogP contribution in [0.25, 0.3) is 6.08 Å². The number of nitrogens with zero attached hydrogens (tertiary/aromatic N) is 2. The molecule has 0 bridgehead atoms. The highest BCUT2D eigenvalue weighted by Crippen LogP contribution is 2.15. The van der Waals surface area contributed by atoms with Gasteiger partial charge >= 0.3 is 0 Å². The van der Waals surface area contributed by atoms with E-state index >= 15 is 0 Å². The summed E-state index contributed by atoms with van der Waals surface area (Å²) in [5.74, 6) is -0.0424. The van der Waals surface area contributed by atoms with Gasteiger partial charge in [-0.15, -0.1) is 6.58 Å². The third-order valence-corrected chi connectivity index (χ3v) is 4.63. The smallest absolute Gasteiger partial charge is 0.247 e. The highest BCUT2D eigenvalue weighted by atomic mass is 35.5. The molecule has 0 N–H and O–H groups in total. The molecule has 0 saturated carbocycles. The summed E-state index contributed by atoms with van der Waals surface area (Å²) in [6.45, 7) is 5.50. The van der Waals surface area contributed by atoms with Crippen LogP contribution in [0.5, 0.6) is 0 Å². The molecule has 2 aromatic carbocycles. The molecule has 3 aromatic rings. The monoisotopic (exact) mass is 390 g/mol. The van der Waals surface area contributed by atoms with Crippen LogP contribution < -0.4 is 0 Å². The molecule has 0 fully saturated rings. The molecular formula is C24H23ClN2O. The van der Waals surface area contributed by atoms with E-state index in [1.165, 1.54) is 0 Å². The van der Waals surface area contributed by atoms with E-state index < -0.39 is 0 Å². The predicted molar refractivity (Wildman–Crippen MR) is 116 cm³/mol. The van der Waals surface area contributed by atoms with E-state index in [2.05, 4.69) is 11.1 Å². The van der Waals surface area contributed by atoms with Gasteiger partial charge in [0.1, 0.15) is 0 Å². The fourth-order valence-electron chi connectivity index (χ4n) is 3.00. The molecule has 0 atom stereocenters. The van der Waals surface area contributed by atoms with Crippen molar-refractivity contribution in [2.75, 3.05) is 6.54 Å². The van der Waals surface area contributed by atoms with E-state index in [9.17, 15) is 4.79 Å². The van der Waals surface area contributed by atoms with Gasteiger partial charge in [-0.2, -0.15) is 0 Å². The molecule has 4 heteroatoms. The minimum atomic E-state index is -0.0424. The van der Waals surface area contributed by atoms with Crippen molar-refractivity contribution in [3.63, 3.8) is 0 Å². The fraction of sp³-hybridized carbons (Fsp3) is 0.125. The normalized spacial score (nSPS) is 10.9. The number of rotatable bonds is 8. The molecule has 3 nitrogen and oxygen atoms in total. The second-order valence-electron chi connectivity index (χ2n) is 6.51. The van der Waals surface area contributed by atoms with E-state index in [1.807, 2.05) is 79.0 Å². The first kappa shape index (κ1) is 19.7. The molecule has 0 aliphatic carbocycles. The first-order valence-electron chi connectivity index (χ1n) is 9.17. The summed E-state index contributed by atoms with van der Waals surface area (Å²) in [4.78, 5) is 14.5. The van der Waals surface area contributed by atoms with Crippen molar-refractivity contribution >= 4 is 23.6 Å². The zero-order valence-electron chi connectivity index (χ0n) is 15.7. The van der Waals surface area contributed by atoms with Gasteiger partial charge in [-0.3, -0.25) is 4.79 Å². The topological polar surface area (TPSA) is 25.2 Å². The van der Waals surface area contributed by atoms with Crippen LogP contribution in [0.4, 0.5) is 0 Å². The van der Waals surface area contributed by atoms with Crippen LogP contribution in [0, 0.1) is 0 Å². The third-order valence-electron chi connectivity index (χ3n) is 4.40. The van der Waals surface area contributed by atoms with Gasteiger partial charge in [0.25, 0.3) is 0 Å². The molecule has 1 amide bonds. The van der Waals surface area contributed by atoms with Gasteiger partial charge in [-0.25, -0.2) is 0 Å². The Morgan fingerprint density at radius 2 is 1.89 bits per heavy atom. The lowest BCUT2D eigenvalue weighted by atomic mass is 10.2. The zero-order chi connectivity index (χ0) is 19.8. The van der Waals surface area contributed by atoms with Crippen molar-refractivity contribution < 1.29 is 4.79 Å². The lowest BCUT2D eigenvalue weighted by molar-refractivity contribution is -0.126. The first-order chi connectivity index (χ1) is 13.7. The fourth-order valence-corrected chi connectivity index (χ4v) is 3.21. The minimum absolute atomic E-state index is 0.0424. The van der Waals surface area contributed by atoms with Gasteiger partial charge in [-0.1, -0.05) is 60.1 Å². The molecule has 28 heavy (non-hydrogen) atoms. The maximum atomic E-state index is 12.7. The lowest BCUT2D eigenvalue weighted by Crippen LogP contribution is -2.30. The predicted octanol–water partition coefficient (Wildman–Crippen LogP) is 5.42. The van der Waals surface area contributed by atoms with Crippen molar-refractivity contribution in [1.29, 1.82) is 0 Å². The number of carbonyl (C=O) groups is 1. The molecular weight excluding hydrogens is 368 g/mol. The van der Waals surface area contributed by atoms with Crippen molar-refractivity contribution in [3.05, 3.63) is 114 Å². The van der Waals surface area contributed by atoms with Crippen molar-refractivity contribution in [1.82, 2.24) is 9.47 Å². The highest BCUT2D eigenvalue weighted by Gasteiger charge is 2.12. The Hall–Kier alpha value is -3.04. The van der Waals surface area contributed by atoms with Gasteiger partial charge in [0.2, 0.25) is 5.91 Å². The van der Waals surface area contributed by atoms with Gasteiger partial charge in [-0.05, 0) is 41.5 Å². The maximum Gasteiger partial charge on any atom is 0.247 e. The van der Waals surface area contributed by atoms with Crippen LogP contribution in [0.15, 0.2) is 91.7 Å². The summed E-state index contributed by atoms with van der Waals surface area (Å²) in [5.41, 5.74) is 3.18. The summed E-state index contributed by atoms with van der Waals surface area (Å²) in [5, 5.41) is 0.723. The van der Waals surface area contributed by atoms with Crippen molar-refractivity contribution in [2.45, 2.75) is 13.1 Å². The largest absolute Gasteiger partial charge is 0.345 e. The average molecular weight is 391 g/mol. The summed E-state index contributed by atoms with van der Waals surface area (Å²) < 4.78 is 2.13. The SMILES string of the molecule is C=CCN(Cc1cccn1Cc1cccc(Cl)c1)C(=O)/C=C/c1ccccc1. The number of hydrogen-bond donors (Lipinski definition) is 0. The second kappa shape index (κ2) is 9.77. The Morgan fingerprint density at radius 3 is 2.64 bits per heavy atom. The van der Waals surface area contributed by atoms with E-state index in [0.29, 0.717) is 19.6 Å². The molecule has 0 aliphatic heterocycles. The molecule has 1 heterocycles. The Labute approximate surface area is 171 Å². The van der Waals surface area contributed by atoms with E-state index in [4.69, 9.17) is 11.6 Å². The standard InChI is InChI=1S/C24H23ClN2O/c1-2-15-27(24(28)14-13-20-8-4-3-5-9-20)19-23-12-7-16-26(23)18-21-10-6-11-22(25)17-21/h2-14,16-17H,1,15,18-19H2/b14-13+. The number of halogens is 1. The van der Waals surface area contributed by atoms with Crippen LogP contribution in [0.2, 0.25) is 5.02 Å². The molecule has 0 saturated heterocycles. The van der Waals surface area contributed by atoms with Gasteiger partial charge in [0, 0.05) is 36.1 Å². The molecule has 3 rings (SSSR count). The molecule has 1 aromatic heterocycles. The summed E-state index contributed by atoms with van der Waals surface area (Å²) in [7, 11) is 0. The molecule has 0 aliphatic rings. The molecule has 0 spiro atoms. The zero-order valence-corrected chi connectivity index (χ0v) is 16.4. The second-order valence-corrected chi connectivity index (χ2v) is 6.95. The minimum Gasteiger partial charge on any atom is -0.345 e. The average Bonchev–Trinajstić information content (AvgIpc) is 3.13. The summed E-state index contributed by atoms with van der Waals surface area (Å²) in [6.07, 6.45) is 7.22. The molecule has 0 radical (unpaired) electrons. The third kappa shape index (κ3) is 5.48. The van der Waals surface area contributed by atoms with Crippen molar-refractivity contribution in [2.24, 2.45) is 0 Å². The number of aromatic nitrogens is 1. The maximum absolute atomic E-state index is 12.7. The Bertz CT molecular complexity index is 960. The number of benzene rings is 2. The number of carbonyl (C=O) groups excluding carboxylic acids is 1. The Morgan fingerprint density at radius 1 is 1.07 bits per heavy atom. The summed E-state index contributed by atoms with van der Waals surface area (Å²) >= 11 is 6.10. The van der Waals surface area contributed by atoms with Crippen molar-refractivity contribution in [3.8, 4) is 0 Å². The van der Waals surface area contributed by atoms with E-state index in [-0.39, 0.29) is 5.91 Å². The quantitative estimate of drug-likeness (QED) is 0.372. The van der Waals surface area contributed by atoms with Gasteiger partial charge in [0.15, 0.2) is 0 Å². The Balaban J connectivity index is 1.72. The van der Waals surface area contributed by atoms with E-state index in [1.54, 1.807) is 17.1 Å². The lowest BCUT2D eigenvalue weighted by Gasteiger charge is -2.21. The van der Waals surface area contributed by atoms with Crippen LogP contribution in [0.1, 0.15) is 16.8 Å². The highest BCUT2D eigenvalue weighted by molar-refractivity contribution is 6.30. The van der Waals surface area contributed by atoms with Gasteiger partial charge < -0.3 is 9.47 Å². The van der Waals surface area contributed by atoms with Gasteiger partial charge in [0.05, 0.1) is 6.54 Å². The van der Waals surface area contributed by atoms with Crippen LogP contribution >= 0.6 is 11.6 Å².